The zero-order chi connectivity index (χ0) is 15.6. The Morgan fingerprint density at radius 2 is 2.05 bits per heavy atom. The first-order valence-electron chi connectivity index (χ1n) is 5.30. The molecule has 0 bridgehead atoms. The first-order valence-corrected chi connectivity index (χ1v) is 6.43. The van der Waals surface area contributed by atoms with E-state index in [1.54, 1.807) is 6.07 Å². The number of benzene rings is 1. The van der Waals surface area contributed by atoms with Crippen LogP contribution < -0.4 is 4.74 Å². The summed E-state index contributed by atoms with van der Waals surface area (Å²) in [5, 5.41) is 20.2. The fourth-order valence-corrected chi connectivity index (χ4v) is 1.99. The Bertz CT molecular complexity index is 774. The van der Waals surface area contributed by atoms with Crippen molar-refractivity contribution in [2.24, 2.45) is 0 Å². The number of halogens is 3. The first kappa shape index (κ1) is 15.3. The summed E-state index contributed by atoms with van der Waals surface area (Å²) in [6.45, 7) is 0. The van der Waals surface area contributed by atoms with Crippen LogP contribution >= 0.6 is 34.8 Å². The third-order valence-electron chi connectivity index (χ3n) is 2.37. The summed E-state index contributed by atoms with van der Waals surface area (Å²) in [7, 11) is 0. The second-order valence-corrected chi connectivity index (χ2v) is 4.89. The Morgan fingerprint density at radius 3 is 2.67 bits per heavy atom. The first-order chi connectivity index (χ1) is 9.93. The molecule has 0 aliphatic carbocycles. The maximum atomic E-state index is 11.1. The zero-order valence-electron chi connectivity index (χ0n) is 10.0. The minimum absolute atomic E-state index is 0.0611. The van der Waals surface area contributed by atoms with Gasteiger partial charge in [-0.2, -0.15) is 5.26 Å². The van der Waals surface area contributed by atoms with E-state index in [2.05, 4.69) is 4.98 Å². The van der Waals surface area contributed by atoms with E-state index in [0.717, 1.165) is 6.20 Å². The SMILES string of the molecule is N#Cc1cnc(Cl)c([N+](=O)[O-])c1Oc1cc(Cl)ccc1Cl. The molecule has 0 amide bonds. The highest BCUT2D eigenvalue weighted by molar-refractivity contribution is 6.34. The standard InChI is InChI=1S/C12H4Cl3N3O3/c13-7-1-2-8(14)9(3-7)21-11-6(4-16)5-17-12(15)10(11)18(19)20/h1-3,5H. The van der Waals surface area contributed by atoms with Gasteiger partial charge in [-0.3, -0.25) is 10.1 Å². The van der Waals surface area contributed by atoms with Gasteiger partial charge >= 0.3 is 5.69 Å². The minimum atomic E-state index is -0.788. The van der Waals surface area contributed by atoms with Crippen molar-refractivity contribution in [3.8, 4) is 17.6 Å². The molecule has 106 valence electrons. The van der Waals surface area contributed by atoms with Gasteiger partial charge in [-0.15, -0.1) is 0 Å². The molecule has 0 spiro atoms. The summed E-state index contributed by atoms with van der Waals surface area (Å²) in [6.07, 6.45) is 1.07. The maximum Gasteiger partial charge on any atom is 0.349 e. The molecular weight excluding hydrogens is 341 g/mol. The lowest BCUT2D eigenvalue weighted by Gasteiger charge is -2.10. The number of hydrogen-bond donors (Lipinski definition) is 0. The van der Waals surface area contributed by atoms with E-state index in [1.807, 2.05) is 0 Å². The molecule has 6 nitrogen and oxygen atoms in total. The van der Waals surface area contributed by atoms with Crippen molar-refractivity contribution in [3.05, 3.63) is 55.3 Å². The number of hydrogen-bond acceptors (Lipinski definition) is 5. The van der Waals surface area contributed by atoms with Gasteiger partial charge in [0.05, 0.1) is 16.1 Å². The number of aromatic nitrogens is 1. The highest BCUT2D eigenvalue weighted by Crippen LogP contribution is 2.40. The summed E-state index contributed by atoms with van der Waals surface area (Å²) < 4.78 is 5.38. The predicted molar refractivity (Wildman–Crippen MR) is 77.2 cm³/mol. The van der Waals surface area contributed by atoms with E-state index in [4.69, 9.17) is 44.8 Å². The molecule has 0 N–H and O–H groups in total. The molecule has 1 heterocycles. The topological polar surface area (TPSA) is 89.0 Å². The van der Waals surface area contributed by atoms with Crippen LogP contribution in [-0.4, -0.2) is 9.91 Å². The molecule has 0 aliphatic rings. The second kappa shape index (κ2) is 6.14. The van der Waals surface area contributed by atoms with Crippen molar-refractivity contribution in [1.82, 2.24) is 4.98 Å². The van der Waals surface area contributed by atoms with Crippen molar-refractivity contribution in [2.45, 2.75) is 0 Å². The van der Waals surface area contributed by atoms with Gasteiger partial charge in [-0.05, 0) is 12.1 Å². The van der Waals surface area contributed by atoms with Crippen molar-refractivity contribution in [3.63, 3.8) is 0 Å². The summed E-state index contributed by atoms with van der Waals surface area (Å²) in [6, 6.07) is 6.09. The molecule has 1 aromatic heterocycles. The number of pyridine rings is 1. The van der Waals surface area contributed by atoms with Crippen molar-refractivity contribution in [1.29, 1.82) is 5.26 Å². The molecule has 2 aromatic rings. The fourth-order valence-electron chi connectivity index (χ4n) is 1.47. The monoisotopic (exact) mass is 343 g/mol. The van der Waals surface area contributed by atoms with Crippen LogP contribution in [0.15, 0.2) is 24.4 Å². The lowest BCUT2D eigenvalue weighted by molar-refractivity contribution is -0.385. The molecule has 0 radical (unpaired) electrons. The molecule has 0 saturated carbocycles. The van der Waals surface area contributed by atoms with Gasteiger partial charge in [0, 0.05) is 11.1 Å². The Kier molecular flexibility index (Phi) is 4.48. The van der Waals surface area contributed by atoms with Gasteiger partial charge < -0.3 is 4.74 Å². The number of nitro groups is 1. The lowest BCUT2D eigenvalue weighted by Crippen LogP contribution is -1.99. The summed E-state index contributed by atoms with van der Waals surface area (Å²) in [5.74, 6) is -0.280. The van der Waals surface area contributed by atoms with E-state index in [0.29, 0.717) is 5.02 Å². The van der Waals surface area contributed by atoms with Gasteiger partial charge in [0.1, 0.15) is 17.4 Å². The van der Waals surface area contributed by atoms with E-state index in [-0.39, 0.29) is 22.1 Å². The predicted octanol–water partition coefficient (Wildman–Crippen LogP) is 4.61. The molecule has 0 aliphatic heterocycles. The summed E-state index contributed by atoms with van der Waals surface area (Å²) in [4.78, 5) is 13.9. The van der Waals surface area contributed by atoms with Crippen molar-refractivity contribution in [2.75, 3.05) is 0 Å². The van der Waals surface area contributed by atoms with Crippen LogP contribution in [0.1, 0.15) is 5.56 Å². The van der Waals surface area contributed by atoms with Crippen LogP contribution in [0.25, 0.3) is 0 Å². The van der Waals surface area contributed by atoms with E-state index < -0.39 is 15.8 Å². The Balaban J connectivity index is 2.63. The minimum Gasteiger partial charge on any atom is -0.447 e. The van der Waals surface area contributed by atoms with Crippen molar-refractivity contribution >= 4 is 40.5 Å². The third-order valence-corrected chi connectivity index (χ3v) is 3.19. The lowest BCUT2D eigenvalue weighted by atomic mass is 10.2. The van der Waals surface area contributed by atoms with Gasteiger partial charge in [-0.1, -0.05) is 34.8 Å². The number of nitriles is 1. The average molecular weight is 345 g/mol. The Morgan fingerprint density at radius 1 is 1.33 bits per heavy atom. The molecule has 0 saturated heterocycles. The van der Waals surface area contributed by atoms with Gasteiger partial charge in [0.2, 0.25) is 10.9 Å². The number of rotatable bonds is 3. The second-order valence-electron chi connectivity index (χ2n) is 3.69. The van der Waals surface area contributed by atoms with E-state index >= 15 is 0 Å². The highest BCUT2D eigenvalue weighted by atomic mass is 35.5. The zero-order valence-corrected chi connectivity index (χ0v) is 12.3. The van der Waals surface area contributed by atoms with Crippen LogP contribution in [0.3, 0.4) is 0 Å². The molecule has 9 heteroatoms. The van der Waals surface area contributed by atoms with Gasteiger partial charge in [0.25, 0.3) is 0 Å². The third kappa shape index (κ3) is 3.16. The summed E-state index contributed by atoms with van der Waals surface area (Å²) >= 11 is 17.4. The molecular formula is C12H4Cl3N3O3. The van der Waals surface area contributed by atoms with Crippen molar-refractivity contribution < 1.29 is 9.66 Å². The van der Waals surface area contributed by atoms with Crippen LogP contribution in [0.4, 0.5) is 5.69 Å². The molecule has 21 heavy (non-hydrogen) atoms. The number of ether oxygens (including phenoxy) is 1. The summed E-state index contributed by atoms with van der Waals surface area (Å²) in [5.41, 5.74) is -0.770. The molecule has 1 aromatic carbocycles. The van der Waals surface area contributed by atoms with Crippen LogP contribution in [0.5, 0.6) is 11.5 Å². The molecule has 0 fully saturated rings. The average Bonchev–Trinajstić information content (AvgIpc) is 2.43. The number of nitrogens with zero attached hydrogens (tertiary/aromatic N) is 3. The maximum absolute atomic E-state index is 11.1. The smallest absolute Gasteiger partial charge is 0.349 e. The molecule has 0 atom stereocenters. The highest BCUT2D eigenvalue weighted by Gasteiger charge is 2.26. The normalized spacial score (nSPS) is 10.0. The van der Waals surface area contributed by atoms with E-state index in [1.165, 1.54) is 18.2 Å². The van der Waals surface area contributed by atoms with Crippen LogP contribution in [0.2, 0.25) is 15.2 Å². The largest absolute Gasteiger partial charge is 0.447 e. The van der Waals surface area contributed by atoms with Crippen LogP contribution in [0, 0.1) is 21.4 Å². The van der Waals surface area contributed by atoms with E-state index in [9.17, 15) is 10.1 Å². The Hall–Kier alpha value is -2.07. The molecule has 2 rings (SSSR count). The quantitative estimate of drug-likeness (QED) is 0.460. The Labute approximate surface area is 133 Å². The fraction of sp³-hybridized carbons (Fsp3) is 0. The van der Waals surface area contributed by atoms with Gasteiger partial charge in [-0.25, -0.2) is 4.98 Å². The molecule has 0 unspecified atom stereocenters. The van der Waals surface area contributed by atoms with Crippen LogP contribution in [-0.2, 0) is 0 Å². The van der Waals surface area contributed by atoms with Gasteiger partial charge in [0.15, 0.2) is 0 Å².